The number of nitrogens with two attached hydrogens (primary N) is 1. The molecule has 13 nitrogen and oxygen atoms in total. The molecule has 3 aromatic carbocycles. The Morgan fingerprint density at radius 2 is 1.76 bits per heavy atom. The minimum absolute atomic E-state index is 0.177. The quantitative estimate of drug-likeness (QED) is 0.0681. The van der Waals surface area contributed by atoms with E-state index in [4.69, 9.17) is 24.7 Å². The number of nitrogens with one attached hydrogen (secondary N) is 1. The average molecular weight is 859 g/mol. The summed E-state index contributed by atoms with van der Waals surface area (Å²) in [7, 11) is 1.61. The van der Waals surface area contributed by atoms with Gasteiger partial charge in [0, 0.05) is 69.9 Å². The highest BCUT2D eigenvalue weighted by Crippen LogP contribution is 2.36. The SMILES string of the molecule is COCOC1=C(c2cc(N3CCN(Cc4ccc(OCCCN(c5ccccc5)c5cc(-c6scnc6C)ccc5CNC(=O)OC(C)(C)C)cc4)CC3)c(N)nn2)CCC=C1. The Balaban J connectivity index is 0.954. The van der Waals surface area contributed by atoms with Crippen molar-refractivity contribution in [3.05, 3.63) is 125 Å². The molecule has 1 aliphatic heterocycles. The number of nitrogen functional groups attached to an aromatic ring is 1. The third-order valence-electron chi connectivity index (χ3n) is 10.7. The van der Waals surface area contributed by atoms with E-state index in [0.29, 0.717) is 25.5 Å². The number of carbonyl (C=O) groups is 1. The monoisotopic (exact) mass is 858 g/mol. The van der Waals surface area contributed by atoms with Gasteiger partial charge in [-0.3, -0.25) is 4.90 Å². The molecule has 1 amide bonds. The molecule has 1 fully saturated rings. The van der Waals surface area contributed by atoms with E-state index in [2.05, 4.69) is 95.9 Å². The molecule has 7 rings (SSSR count). The number of thiazole rings is 1. The Morgan fingerprint density at radius 3 is 2.48 bits per heavy atom. The van der Waals surface area contributed by atoms with Gasteiger partial charge in [0.1, 0.15) is 17.1 Å². The summed E-state index contributed by atoms with van der Waals surface area (Å²) in [6.45, 7) is 13.6. The zero-order chi connectivity index (χ0) is 43.5. The van der Waals surface area contributed by atoms with Gasteiger partial charge in [0.25, 0.3) is 0 Å². The second kappa shape index (κ2) is 20.7. The van der Waals surface area contributed by atoms with E-state index in [0.717, 1.165) is 114 Å². The van der Waals surface area contributed by atoms with E-state index >= 15 is 0 Å². The van der Waals surface area contributed by atoms with Crippen LogP contribution in [0.1, 0.15) is 62.5 Å². The highest BCUT2D eigenvalue weighted by atomic mass is 32.1. The van der Waals surface area contributed by atoms with Crippen molar-refractivity contribution in [3.63, 3.8) is 0 Å². The Morgan fingerprint density at radius 1 is 0.968 bits per heavy atom. The minimum Gasteiger partial charge on any atom is -0.494 e. The number of carbonyl (C=O) groups excluding carboxylic acids is 1. The summed E-state index contributed by atoms with van der Waals surface area (Å²) in [5.41, 5.74) is 16.7. The molecule has 2 aliphatic rings. The van der Waals surface area contributed by atoms with Crippen LogP contribution in [-0.4, -0.2) is 85.0 Å². The van der Waals surface area contributed by atoms with Crippen LogP contribution in [0, 0.1) is 6.92 Å². The maximum atomic E-state index is 12.7. The smallest absolute Gasteiger partial charge is 0.407 e. The molecule has 0 radical (unpaired) electrons. The number of alkyl carbamates (subject to hydrolysis) is 1. The zero-order valence-electron chi connectivity index (χ0n) is 36.4. The largest absolute Gasteiger partial charge is 0.494 e. The molecule has 0 bridgehead atoms. The Labute approximate surface area is 369 Å². The normalized spacial score (nSPS) is 14.5. The highest BCUT2D eigenvalue weighted by molar-refractivity contribution is 7.13. The first-order valence-corrected chi connectivity index (χ1v) is 22.1. The third-order valence-corrected chi connectivity index (χ3v) is 11.7. The maximum Gasteiger partial charge on any atom is 0.407 e. The molecule has 1 saturated heterocycles. The second-order valence-corrected chi connectivity index (χ2v) is 17.3. The van der Waals surface area contributed by atoms with Gasteiger partial charge in [0.15, 0.2) is 12.6 Å². The first-order chi connectivity index (χ1) is 30.0. The van der Waals surface area contributed by atoms with Gasteiger partial charge in [0.05, 0.1) is 34.1 Å². The van der Waals surface area contributed by atoms with E-state index in [1.807, 2.05) is 63.5 Å². The lowest BCUT2D eigenvalue weighted by Crippen LogP contribution is -2.46. The molecule has 0 unspecified atom stereocenters. The highest BCUT2D eigenvalue weighted by Gasteiger charge is 2.23. The Hall–Kier alpha value is -5.96. The standard InChI is InChI=1S/C48H58N8O5S/c1-34-45(62-32-51-34)36-18-19-37(30-50-47(57)61-48(2,3)4)42(28-36)56(38-12-7-6-8-13-38)22-11-27-59-39-20-16-35(17-21-39)31-54-23-25-55(26-24-54)43-29-41(52-53-46(43)49)40-14-9-10-15-44(40)60-33-58-5/h6-8,10,12-13,15-21,28-29,32H,9,11,14,22-27,30-31,33H2,1-5H3,(H2,49,53)(H,50,57). The number of allylic oxidation sites excluding steroid dienone is 3. The van der Waals surface area contributed by atoms with Crippen molar-refractivity contribution in [3.8, 4) is 16.2 Å². The summed E-state index contributed by atoms with van der Waals surface area (Å²) in [5, 5.41) is 11.7. The predicted molar refractivity (Wildman–Crippen MR) is 248 cm³/mol. The van der Waals surface area contributed by atoms with Gasteiger partial charge in [-0.15, -0.1) is 21.5 Å². The van der Waals surface area contributed by atoms with E-state index in [9.17, 15) is 4.79 Å². The molecule has 0 saturated carbocycles. The van der Waals surface area contributed by atoms with Crippen molar-refractivity contribution in [2.75, 3.05) is 68.8 Å². The summed E-state index contributed by atoms with van der Waals surface area (Å²) in [6, 6.07) is 27.2. The van der Waals surface area contributed by atoms with E-state index < -0.39 is 11.7 Å². The fourth-order valence-corrected chi connectivity index (χ4v) is 8.42. The number of amides is 1. The second-order valence-electron chi connectivity index (χ2n) is 16.4. The van der Waals surface area contributed by atoms with Gasteiger partial charge in [-0.1, -0.05) is 48.5 Å². The van der Waals surface area contributed by atoms with Crippen molar-refractivity contribution >= 4 is 45.9 Å². The Kier molecular flexibility index (Phi) is 14.8. The number of piperazine rings is 1. The zero-order valence-corrected chi connectivity index (χ0v) is 37.2. The topological polar surface area (TPSA) is 140 Å². The van der Waals surface area contributed by atoms with Crippen LogP contribution in [0.2, 0.25) is 0 Å². The molecule has 14 heteroatoms. The van der Waals surface area contributed by atoms with Crippen LogP contribution in [0.25, 0.3) is 16.0 Å². The lowest BCUT2D eigenvalue weighted by atomic mass is 10.00. The van der Waals surface area contributed by atoms with Crippen LogP contribution in [0.4, 0.5) is 27.7 Å². The van der Waals surface area contributed by atoms with E-state index in [1.54, 1.807) is 18.4 Å². The average Bonchev–Trinajstić information content (AvgIpc) is 3.71. The van der Waals surface area contributed by atoms with Crippen LogP contribution in [-0.2, 0) is 27.3 Å². The minimum atomic E-state index is -0.592. The first-order valence-electron chi connectivity index (χ1n) is 21.2. The molecule has 0 spiro atoms. The molecule has 3 heterocycles. The molecule has 3 N–H and O–H groups in total. The number of aryl methyl sites for hydroxylation is 1. The number of nitrogens with zero attached hydrogens (tertiary/aromatic N) is 6. The molecule has 5 aromatic rings. The number of anilines is 4. The first kappa shape index (κ1) is 44.1. The maximum absolute atomic E-state index is 12.7. The predicted octanol–water partition coefficient (Wildman–Crippen LogP) is 9.13. The molecule has 326 valence electrons. The van der Waals surface area contributed by atoms with Gasteiger partial charge in [-0.2, -0.15) is 0 Å². The van der Waals surface area contributed by atoms with Crippen molar-refractivity contribution < 1.29 is 23.7 Å². The van der Waals surface area contributed by atoms with Gasteiger partial charge in [0.2, 0.25) is 0 Å². The number of ether oxygens (including phenoxy) is 4. The van der Waals surface area contributed by atoms with Gasteiger partial charge < -0.3 is 39.8 Å². The molecule has 1 aliphatic carbocycles. The summed E-state index contributed by atoms with van der Waals surface area (Å²) in [4.78, 5) is 25.4. The van der Waals surface area contributed by atoms with Crippen LogP contribution in [0.3, 0.4) is 0 Å². The summed E-state index contributed by atoms with van der Waals surface area (Å²) in [6.07, 6.45) is 6.13. The summed E-state index contributed by atoms with van der Waals surface area (Å²) >= 11 is 1.62. The van der Waals surface area contributed by atoms with Crippen LogP contribution in [0.5, 0.6) is 5.75 Å². The fourth-order valence-electron chi connectivity index (χ4n) is 7.62. The number of hydrogen-bond donors (Lipinski definition) is 2. The van der Waals surface area contributed by atoms with Crippen LogP contribution in [0.15, 0.2) is 102 Å². The van der Waals surface area contributed by atoms with E-state index in [-0.39, 0.29) is 6.79 Å². The Bertz CT molecular complexity index is 2320. The molecule has 2 aromatic heterocycles. The summed E-state index contributed by atoms with van der Waals surface area (Å²) in [5.74, 6) is 2.04. The molecular weight excluding hydrogens is 801 g/mol. The van der Waals surface area contributed by atoms with Crippen LogP contribution < -0.4 is 25.6 Å². The number of rotatable bonds is 17. The lowest BCUT2D eigenvalue weighted by Gasteiger charge is -2.36. The van der Waals surface area contributed by atoms with Crippen LogP contribution >= 0.6 is 11.3 Å². The van der Waals surface area contributed by atoms with Gasteiger partial charge in [-0.25, -0.2) is 9.78 Å². The number of methoxy groups -OCH3 is 1. The summed E-state index contributed by atoms with van der Waals surface area (Å²) < 4.78 is 22.8. The lowest BCUT2D eigenvalue weighted by molar-refractivity contribution is 0.0103. The fraction of sp³-hybridized carbons (Fsp3) is 0.375. The van der Waals surface area contributed by atoms with Crippen molar-refractivity contribution in [2.45, 2.75) is 65.6 Å². The molecule has 0 atom stereocenters. The number of hydrogen-bond acceptors (Lipinski definition) is 13. The number of para-hydroxylation sites is 1. The van der Waals surface area contributed by atoms with Crippen molar-refractivity contribution in [1.82, 2.24) is 25.4 Å². The van der Waals surface area contributed by atoms with Crippen molar-refractivity contribution in [1.29, 1.82) is 0 Å². The third kappa shape index (κ3) is 11.7. The van der Waals surface area contributed by atoms with Gasteiger partial charge in [-0.05, 0) is 106 Å². The van der Waals surface area contributed by atoms with Crippen molar-refractivity contribution in [2.24, 2.45) is 0 Å². The number of aromatic nitrogens is 3. The van der Waals surface area contributed by atoms with E-state index in [1.165, 1.54) is 5.56 Å². The van der Waals surface area contributed by atoms with Gasteiger partial charge >= 0.3 is 6.09 Å². The molecular formula is C48H58N8O5S. The number of benzene rings is 3. The molecule has 62 heavy (non-hydrogen) atoms.